The van der Waals surface area contributed by atoms with Gasteiger partial charge >= 0.3 is 5.97 Å². The first-order valence-corrected chi connectivity index (χ1v) is 7.06. The van der Waals surface area contributed by atoms with Gasteiger partial charge in [-0.3, -0.25) is 14.9 Å². The van der Waals surface area contributed by atoms with Crippen LogP contribution in [-0.2, 0) is 9.59 Å². The molecular formula is C16H14N2O7. The number of hydrogen-bond donors (Lipinski definition) is 2. The summed E-state index contributed by atoms with van der Waals surface area (Å²) in [6, 6.07) is 11.5. The highest BCUT2D eigenvalue weighted by atomic mass is 16.6. The van der Waals surface area contributed by atoms with Crippen molar-refractivity contribution in [1.82, 2.24) is 0 Å². The van der Waals surface area contributed by atoms with Crippen molar-refractivity contribution in [2.45, 2.75) is 0 Å². The lowest BCUT2D eigenvalue weighted by molar-refractivity contribution is -0.384. The number of amides is 1. The molecule has 9 nitrogen and oxygen atoms in total. The first-order chi connectivity index (χ1) is 11.9. The van der Waals surface area contributed by atoms with E-state index in [0.717, 1.165) is 0 Å². The molecule has 0 fully saturated rings. The quantitative estimate of drug-likeness (QED) is 0.553. The minimum atomic E-state index is -1.08. The van der Waals surface area contributed by atoms with Crippen LogP contribution in [0.4, 0.5) is 11.4 Å². The van der Waals surface area contributed by atoms with Gasteiger partial charge in [-0.15, -0.1) is 0 Å². The molecule has 0 aliphatic heterocycles. The van der Waals surface area contributed by atoms with Gasteiger partial charge in [0.25, 0.3) is 11.6 Å². The number of benzene rings is 2. The maximum Gasteiger partial charge on any atom is 0.341 e. The van der Waals surface area contributed by atoms with E-state index in [1.807, 2.05) is 0 Å². The lowest BCUT2D eigenvalue weighted by atomic mass is 10.3. The van der Waals surface area contributed by atoms with Gasteiger partial charge in [-0.05, 0) is 36.4 Å². The zero-order valence-electron chi connectivity index (χ0n) is 12.9. The summed E-state index contributed by atoms with van der Waals surface area (Å²) in [5.74, 6) is -0.806. The average Bonchev–Trinajstić information content (AvgIpc) is 2.59. The third-order valence-corrected chi connectivity index (χ3v) is 2.92. The molecule has 0 saturated carbocycles. The highest BCUT2D eigenvalue weighted by Gasteiger charge is 2.07. The summed E-state index contributed by atoms with van der Waals surface area (Å²) in [6.45, 7) is -0.718. The lowest BCUT2D eigenvalue weighted by Gasteiger charge is -2.08. The zero-order valence-corrected chi connectivity index (χ0v) is 12.9. The molecule has 0 aromatic heterocycles. The normalized spacial score (nSPS) is 9.92. The van der Waals surface area contributed by atoms with Gasteiger partial charge in [0.15, 0.2) is 13.2 Å². The van der Waals surface area contributed by atoms with Crippen LogP contribution in [0.3, 0.4) is 0 Å². The van der Waals surface area contributed by atoms with Gasteiger partial charge in [-0.1, -0.05) is 0 Å². The molecule has 0 heterocycles. The Kier molecular flexibility index (Phi) is 5.88. The second kappa shape index (κ2) is 8.29. The number of non-ortho nitro benzene ring substituents is 1. The Morgan fingerprint density at radius 1 is 0.960 bits per heavy atom. The molecule has 0 aliphatic carbocycles. The third kappa shape index (κ3) is 5.82. The largest absolute Gasteiger partial charge is 0.484 e. The van der Waals surface area contributed by atoms with Crippen LogP contribution >= 0.6 is 0 Å². The van der Waals surface area contributed by atoms with E-state index in [4.69, 9.17) is 14.6 Å². The Morgan fingerprint density at radius 3 is 2.00 bits per heavy atom. The van der Waals surface area contributed by atoms with Crippen molar-refractivity contribution >= 4 is 23.3 Å². The number of nitrogens with zero attached hydrogens (tertiary/aromatic N) is 1. The van der Waals surface area contributed by atoms with Crippen LogP contribution in [0, 0.1) is 10.1 Å². The van der Waals surface area contributed by atoms with Gasteiger partial charge in [-0.2, -0.15) is 0 Å². The first-order valence-electron chi connectivity index (χ1n) is 7.06. The number of carbonyl (C=O) groups is 2. The Balaban J connectivity index is 1.81. The van der Waals surface area contributed by atoms with Crippen molar-refractivity contribution in [3.05, 3.63) is 58.6 Å². The van der Waals surface area contributed by atoms with Crippen LogP contribution < -0.4 is 14.8 Å². The van der Waals surface area contributed by atoms with Gasteiger partial charge in [0.2, 0.25) is 0 Å². The van der Waals surface area contributed by atoms with Gasteiger partial charge in [0, 0.05) is 17.8 Å². The fourth-order valence-corrected chi connectivity index (χ4v) is 1.79. The lowest BCUT2D eigenvalue weighted by Crippen LogP contribution is -2.20. The number of carbonyl (C=O) groups excluding carboxylic acids is 1. The van der Waals surface area contributed by atoms with E-state index in [2.05, 4.69) is 5.32 Å². The Labute approximate surface area is 141 Å². The fraction of sp³-hybridized carbons (Fsp3) is 0.125. The van der Waals surface area contributed by atoms with Gasteiger partial charge in [-0.25, -0.2) is 4.79 Å². The molecule has 0 unspecified atom stereocenters. The summed E-state index contributed by atoms with van der Waals surface area (Å²) < 4.78 is 10.2. The molecule has 9 heteroatoms. The number of carboxylic acid groups (broad SMARTS) is 1. The molecule has 0 saturated heterocycles. The van der Waals surface area contributed by atoms with Crippen LogP contribution in [0.2, 0.25) is 0 Å². The number of ether oxygens (including phenoxy) is 2. The summed E-state index contributed by atoms with van der Waals surface area (Å²) in [5.41, 5.74) is 0.419. The summed E-state index contributed by atoms with van der Waals surface area (Å²) in [4.78, 5) is 32.2. The second-order valence-electron chi connectivity index (χ2n) is 4.79. The third-order valence-electron chi connectivity index (χ3n) is 2.92. The minimum absolute atomic E-state index is 0.0676. The van der Waals surface area contributed by atoms with E-state index in [0.29, 0.717) is 17.2 Å². The minimum Gasteiger partial charge on any atom is -0.484 e. The average molecular weight is 346 g/mol. The number of anilines is 1. The highest BCUT2D eigenvalue weighted by Crippen LogP contribution is 2.18. The number of nitro benzene ring substituents is 1. The standard InChI is InChI=1S/C16H14N2O7/c19-15(9-24-14-7-3-12(4-8-14)18(22)23)17-11-1-5-13(6-2-11)25-10-16(20)21/h1-8H,9-10H2,(H,17,19)(H,20,21). The summed E-state index contributed by atoms with van der Waals surface area (Å²) in [5, 5.41) is 21.6. The highest BCUT2D eigenvalue weighted by molar-refractivity contribution is 5.91. The van der Waals surface area contributed by atoms with E-state index in [1.54, 1.807) is 12.1 Å². The topological polar surface area (TPSA) is 128 Å². The van der Waals surface area contributed by atoms with Gasteiger partial charge in [0.1, 0.15) is 11.5 Å². The molecule has 0 atom stereocenters. The van der Waals surface area contributed by atoms with Crippen molar-refractivity contribution in [3.8, 4) is 11.5 Å². The van der Waals surface area contributed by atoms with Crippen LogP contribution in [0.1, 0.15) is 0 Å². The molecule has 0 bridgehead atoms. The van der Waals surface area contributed by atoms with Gasteiger partial charge in [0.05, 0.1) is 4.92 Å². The number of hydrogen-bond acceptors (Lipinski definition) is 6. The SMILES string of the molecule is O=C(O)COc1ccc(NC(=O)COc2ccc([N+](=O)[O-])cc2)cc1. The molecule has 2 aromatic rings. The number of rotatable bonds is 8. The summed E-state index contributed by atoms with van der Waals surface area (Å²) >= 11 is 0. The molecule has 25 heavy (non-hydrogen) atoms. The molecular weight excluding hydrogens is 332 g/mol. The predicted molar refractivity (Wildman–Crippen MR) is 86.8 cm³/mol. The van der Waals surface area contributed by atoms with E-state index >= 15 is 0 Å². The van der Waals surface area contributed by atoms with Crippen LogP contribution in [0.15, 0.2) is 48.5 Å². The Hall–Kier alpha value is -3.62. The molecule has 1 amide bonds. The summed E-state index contributed by atoms with van der Waals surface area (Å²) in [6.07, 6.45) is 0. The van der Waals surface area contributed by atoms with E-state index in [9.17, 15) is 19.7 Å². The predicted octanol–water partition coefficient (Wildman–Crippen LogP) is 2.08. The number of nitro groups is 1. The molecule has 2 rings (SSSR count). The number of carboxylic acids is 1. The molecule has 2 aromatic carbocycles. The fourth-order valence-electron chi connectivity index (χ4n) is 1.79. The zero-order chi connectivity index (χ0) is 18.2. The first kappa shape index (κ1) is 17.7. The van der Waals surface area contributed by atoms with Crippen molar-refractivity contribution in [3.63, 3.8) is 0 Å². The second-order valence-corrected chi connectivity index (χ2v) is 4.79. The number of nitrogens with one attached hydrogen (secondary N) is 1. The van der Waals surface area contributed by atoms with Crippen molar-refractivity contribution in [2.24, 2.45) is 0 Å². The molecule has 130 valence electrons. The van der Waals surface area contributed by atoms with E-state index in [1.165, 1.54) is 36.4 Å². The van der Waals surface area contributed by atoms with Crippen molar-refractivity contribution in [2.75, 3.05) is 18.5 Å². The van der Waals surface area contributed by atoms with Crippen LogP contribution in [0.5, 0.6) is 11.5 Å². The molecule has 0 aliphatic rings. The maximum atomic E-state index is 11.8. The smallest absolute Gasteiger partial charge is 0.341 e. The van der Waals surface area contributed by atoms with E-state index < -0.39 is 23.4 Å². The van der Waals surface area contributed by atoms with Crippen molar-refractivity contribution < 1.29 is 29.1 Å². The number of aliphatic carboxylic acids is 1. The molecule has 2 N–H and O–H groups in total. The monoisotopic (exact) mass is 346 g/mol. The van der Waals surface area contributed by atoms with Crippen molar-refractivity contribution in [1.29, 1.82) is 0 Å². The van der Waals surface area contributed by atoms with Crippen LogP contribution in [0.25, 0.3) is 0 Å². The molecule has 0 spiro atoms. The maximum absolute atomic E-state index is 11.8. The Bertz CT molecular complexity index is 757. The van der Waals surface area contributed by atoms with E-state index in [-0.39, 0.29) is 12.3 Å². The van der Waals surface area contributed by atoms with Gasteiger partial charge < -0.3 is 19.9 Å². The Morgan fingerprint density at radius 2 is 1.48 bits per heavy atom. The summed E-state index contributed by atoms with van der Waals surface area (Å²) in [7, 11) is 0. The van der Waals surface area contributed by atoms with Crippen LogP contribution in [-0.4, -0.2) is 35.1 Å². The molecule has 0 radical (unpaired) electrons.